The predicted molar refractivity (Wildman–Crippen MR) is 52.8 cm³/mol. The summed E-state index contributed by atoms with van der Waals surface area (Å²) in [6.45, 7) is 4.95. The van der Waals surface area contributed by atoms with E-state index in [2.05, 4.69) is 13.8 Å². The molecule has 2 rings (SSSR count). The predicted octanol–water partition coefficient (Wildman–Crippen LogP) is 3.96. The van der Waals surface area contributed by atoms with Gasteiger partial charge in [-0.2, -0.15) is 0 Å². The summed E-state index contributed by atoms with van der Waals surface area (Å²) in [5.41, 5.74) is 0.663. The van der Waals surface area contributed by atoms with Crippen LogP contribution in [-0.2, 0) is 0 Å². The highest BCUT2D eigenvalue weighted by Crippen LogP contribution is 2.53. The van der Waals surface area contributed by atoms with Crippen molar-refractivity contribution in [3.05, 3.63) is 5.92 Å². The number of rotatable bonds is 0. The minimum Gasteiger partial charge on any atom is -0.0619 e. The second-order valence-electron chi connectivity index (χ2n) is 5.09. The Morgan fingerprint density at radius 1 is 1.17 bits per heavy atom. The fourth-order valence-electron chi connectivity index (χ4n) is 3.39. The van der Waals surface area contributed by atoms with Gasteiger partial charge in [-0.25, -0.2) is 0 Å². The SMILES string of the molecule is CC1CCCC2(C)CCCC[C]12. The second kappa shape index (κ2) is 3.05. The first-order valence-electron chi connectivity index (χ1n) is 5.58. The van der Waals surface area contributed by atoms with Crippen LogP contribution in [-0.4, -0.2) is 0 Å². The molecular formula is C12H21. The van der Waals surface area contributed by atoms with E-state index in [1.54, 1.807) is 0 Å². The van der Waals surface area contributed by atoms with Crippen LogP contribution in [0.2, 0.25) is 0 Å². The zero-order chi connectivity index (χ0) is 8.60. The quantitative estimate of drug-likeness (QED) is 0.509. The largest absolute Gasteiger partial charge is 0.0619 e. The molecular weight excluding hydrogens is 144 g/mol. The molecule has 2 aliphatic rings. The molecule has 1 radical (unpaired) electrons. The standard InChI is InChI=1S/C12H21/c1-10-6-5-9-12(2)8-4-3-7-11(10)12/h10H,3-9H2,1-2H3. The number of fused-ring (bicyclic) bond motifs is 1. The first-order valence-corrected chi connectivity index (χ1v) is 5.58. The molecule has 0 saturated heterocycles. The van der Waals surface area contributed by atoms with Gasteiger partial charge in [-0.15, -0.1) is 0 Å². The summed E-state index contributed by atoms with van der Waals surface area (Å²) in [5, 5.41) is 0. The lowest BCUT2D eigenvalue weighted by atomic mass is 9.57. The van der Waals surface area contributed by atoms with E-state index in [-0.39, 0.29) is 0 Å². The Balaban J connectivity index is 2.12. The summed E-state index contributed by atoms with van der Waals surface area (Å²) >= 11 is 0. The molecule has 0 spiro atoms. The van der Waals surface area contributed by atoms with E-state index in [0.29, 0.717) is 5.41 Å². The first-order chi connectivity index (χ1) is 5.72. The maximum atomic E-state index is 2.51. The van der Waals surface area contributed by atoms with Gasteiger partial charge in [-0.05, 0) is 36.5 Å². The van der Waals surface area contributed by atoms with Gasteiger partial charge in [-0.3, -0.25) is 0 Å². The van der Waals surface area contributed by atoms with E-state index in [0.717, 1.165) is 5.92 Å². The van der Waals surface area contributed by atoms with E-state index >= 15 is 0 Å². The van der Waals surface area contributed by atoms with Crippen LogP contribution in [0.3, 0.4) is 0 Å². The van der Waals surface area contributed by atoms with Crippen molar-refractivity contribution >= 4 is 0 Å². The van der Waals surface area contributed by atoms with Gasteiger partial charge < -0.3 is 0 Å². The van der Waals surface area contributed by atoms with Crippen LogP contribution in [0, 0.1) is 17.3 Å². The van der Waals surface area contributed by atoms with Crippen molar-refractivity contribution in [2.24, 2.45) is 11.3 Å². The first kappa shape index (κ1) is 8.59. The summed E-state index contributed by atoms with van der Waals surface area (Å²) in [7, 11) is 0. The van der Waals surface area contributed by atoms with Crippen LogP contribution in [0.4, 0.5) is 0 Å². The van der Waals surface area contributed by atoms with Crippen molar-refractivity contribution in [2.75, 3.05) is 0 Å². The van der Waals surface area contributed by atoms with Gasteiger partial charge in [-0.1, -0.05) is 39.5 Å². The van der Waals surface area contributed by atoms with Crippen molar-refractivity contribution in [3.63, 3.8) is 0 Å². The van der Waals surface area contributed by atoms with E-state index < -0.39 is 0 Å². The lowest BCUT2D eigenvalue weighted by Crippen LogP contribution is -2.36. The van der Waals surface area contributed by atoms with Crippen LogP contribution in [0.1, 0.15) is 58.8 Å². The Labute approximate surface area is 76.7 Å². The second-order valence-corrected chi connectivity index (χ2v) is 5.09. The van der Waals surface area contributed by atoms with Crippen molar-refractivity contribution in [1.29, 1.82) is 0 Å². The topological polar surface area (TPSA) is 0 Å². The summed E-state index contributed by atoms with van der Waals surface area (Å²) < 4.78 is 0. The van der Waals surface area contributed by atoms with Gasteiger partial charge in [0, 0.05) is 0 Å². The highest BCUT2D eigenvalue weighted by Gasteiger charge is 2.41. The molecule has 0 amide bonds. The average Bonchev–Trinajstić information content (AvgIpc) is 2.04. The minimum absolute atomic E-state index is 0.663. The van der Waals surface area contributed by atoms with Crippen LogP contribution in [0.15, 0.2) is 0 Å². The number of hydrogen-bond donors (Lipinski definition) is 0. The molecule has 2 saturated carbocycles. The Morgan fingerprint density at radius 3 is 2.67 bits per heavy atom. The van der Waals surface area contributed by atoms with Crippen molar-refractivity contribution in [2.45, 2.75) is 58.8 Å². The molecule has 0 aromatic carbocycles. The van der Waals surface area contributed by atoms with Crippen LogP contribution in [0.5, 0.6) is 0 Å². The zero-order valence-electron chi connectivity index (χ0n) is 8.53. The third-order valence-corrected chi connectivity index (χ3v) is 4.16. The molecule has 2 unspecified atom stereocenters. The Kier molecular flexibility index (Phi) is 2.18. The smallest absolute Gasteiger partial charge is 0.0154 e. The zero-order valence-corrected chi connectivity index (χ0v) is 8.53. The monoisotopic (exact) mass is 165 g/mol. The Bertz CT molecular complexity index is 157. The molecule has 0 heteroatoms. The van der Waals surface area contributed by atoms with Crippen molar-refractivity contribution in [1.82, 2.24) is 0 Å². The fourth-order valence-corrected chi connectivity index (χ4v) is 3.39. The van der Waals surface area contributed by atoms with E-state index in [1.807, 2.05) is 5.92 Å². The van der Waals surface area contributed by atoms with Gasteiger partial charge in [0.1, 0.15) is 0 Å². The van der Waals surface area contributed by atoms with Crippen LogP contribution in [0.25, 0.3) is 0 Å². The highest BCUT2D eigenvalue weighted by molar-refractivity contribution is 5.12. The molecule has 0 nitrogen and oxygen atoms in total. The molecule has 0 bridgehead atoms. The summed E-state index contributed by atoms with van der Waals surface area (Å²) in [5.74, 6) is 2.85. The average molecular weight is 165 g/mol. The van der Waals surface area contributed by atoms with Gasteiger partial charge in [0.05, 0.1) is 0 Å². The Hall–Kier alpha value is 0. The third kappa shape index (κ3) is 1.30. The lowest BCUT2D eigenvalue weighted by molar-refractivity contribution is 0.150. The summed E-state index contributed by atoms with van der Waals surface area (Å²) in [6.07, 6.45) is 10.3. The molecule has 69 valence electrons. The van der Waals surface area contributed by atoms with E-state index in [1.165, 1.54) is 44.9 Å². The van der Waals surface area contributed by atoms with Crippen LogP contribution < -0.4 is 0 Å². The van der Waals surface area contributed by atoms with Crippen molar-refractivity contribution in [3.8, 4) is 0 Å². The van der Waals surface area contributed by atoms with Gasteiger partial charge in [0.15, 0.2) is 0 Å². The number of hydrogen-bond acceptors (Lipinski definition) is 0. The summed E-state index contributed by atoms with van der Waals surface area (Å²) in [4.78, 5) is 0. The van der Waals surface area contributed by atoms with Crippen molar-refractivity contribution < 1.29 is 0 Å². The van der Waals surface area contributed by atoms with Gasteiger partial charge >= 0.3 is 0 Å². The lowest BCUT2D eigenvalue weighted by Gasteiger charge is -2.48. The summed E-state index contributed by atoms with van der Waals surface area (Å²) in [6, 6.07) is 0. The molecule has 2 aliphatic carbocycles. The van der Waals surface area contributed by atoms with Crippen LogP contribution >= 0.6 is 0 Å². The molecule has 0 aromatic heterocycles. The maximum absolute atomic E-state index is 2.51. The molecule has 0 aliphatic heterocycles. The molecule has 2 atom stereocenters. The van der Waals surface area contributed by atoms with E-state index in [4.69, 9.17) is 0 Å². The van der Waals surface area contributed by atoms with E-state index in [9.17, 15) is 0 Å². The van der Waals surface area contributed by atoms with Gasteiger partial charge in [0.2, 0.25) is 0 Å². The molecule has 0 N–H and O–H groups in total. The Morgan fingerprint density at radius 2 is 1.92 bits per heavy atom. The molecule has 12 heavy (non-hydrogen) atoms. The molecule has 0 heterocycles. The molecule has 2 fully saturated rings. The normalized spacial score (nSPS) is 44.0. The minimum atomic E-state index is 0.663. The highest BCUT2D eigenvalue weighted by atomic mass is 14.5. The van der Waals surface area contributed by atoms with Gasteiger partial charge in [0.25, 0.3) is 0 Å². The molecule has 0 aromatic rings. The third-order valence-electron chi connectivity index (χ3n) is 4.16. The maximum Gasteiger partial charge on any atom is -0.0154 e. The fraction of sp³-hybridized carbons (Fsp3) is 0.917.